The number of benzene rings is 3. The van der Waals surface area contributed by atoms with E-state index < -0.39 is 0 Å². The molecule has 1 heteroatoms. The number of rotatable bonds is 4. The molecule has 0 radical (unpaired) electrons. The zero-order valence-corrected chi connectivity index (χ0v) is 16.7. The molecule has 0 spiro atoms. The van der Waals surface area contributed by atoms with Crippen LogP contribution in [-0.2, 0) is 5.41 Å². The van der Waals surface area contributed by atoms with Crippen molar-refractivity contribution < 1.29 is 0 Å². The first-order chi connectivity index (χ1) is 13.7. The summed E-state index contributed by atoms with van der Waals surface area (Å²) < 4.78 is 0. The molecule has 5 rings (SSSR count). The molecule has 142 valence electrons. The zero-order valence-electron chi connectivity index (χ0n) is 16.7. The third-order valence-electron chi connectivity index (χ3n) is 6.99. The lowest BCUT2D eigenvalue weighted by Crippen LogP contribution is -2.30. The van der Waals surface area contributed by atoms with E-state index in [1.165, 1.54) is 48.8 Å². The number of para-hydroxylation sites is 1. The van der Waals surface area contributed by atoms with Gasteiger partial charge in [0.05, 0.1) is 0 Å². The fourth-order valence-corrected chi connectivity index (χ4v) is 5.64. The molecule has 0 amide bonds. The standard InChI is InChI=1S/C27H29N/c1-27(18-20-7-8-21(17-20)19-27)24-13-9-22(10-14-24)23-11-15-26(16-12-23)28-25-5-3-2-4-6-25/h2-6,9-16,20-21,28H,7-8,17-19H2,1H3. The van der Waals surface area contributed by atoms with Gasteiger partial charge in [0, 0.05) is 11.4 Å². The largest absolute Gasteiger partial charge is 0.356 e. The first kappa shape index (κ1) is 17.6. The van der Waals surface area contributed by atoms with E-state index in [0.717, 1.165) is 23.2 Å². The van der Waals surface area contributed by atoms with Crippen LogP contribution in [0.2, 0.25) is 0 Å². The van der Waals surface area contributed by atoms with Gasteiger partial charge in [-0.25, -0.2) is 0 Å². The predicted molar refractivity (Wildman–Crippen MR) is 119 cm³/mol. The average Bonchev–Trinajstić information content (AvgIpc) is 3.08. The van der Waals surface area contributed by atoms with Crippen LogP contribution in [-0.4, -0.2) is 0 Å². The van der Waals surface area contributed by atoms with Gasteiger partial charge in [0.15, 0.2) is 0 Å². The van der Waals surface area contributed by atoms with Gasteiger partial charge in [0.2, 0.25) is 0 Å². The second kappa shape index (κ2) is 7.13. The van der Waals surface area contributed by atoms with E-state index in [1.54, 1.807) is 0 Å². The molecule has 2 aliphatic rings. The van der Waals surface area contributed by atoms with E-state index in [-0.39, 0.29) is 0 Å². The number of nitrogens with one attached hydrogen (secondary N) is 1. The summed E-state index contributed by atoms with van der Waals surface area (Å²) in [5, 5.41) is 3.45. The molecule has 1 nitrogen and oxygen atoms in total. The van der Waals surface area contributed by atoms with E-state index in [2.05, 4.69) is 85.0 Å². The summed E-state index contributed by atoms with van der Waals surface area (Å²) in [7, 11) is 0. The topological polar surface area (TPSA) is 12.0 Å². The second-order valence-corrected chi connectivity index (χ2v) is 9.16. The van der Waals surface area contributed by atoms with E-state index in [0.29, 0.717) is 5.41 Å². The van der Waals surface area contributed by atoms with Crippen LogP contribution in [0.1, 0.15) is 44.6 Å². The van der Waals surface area contributed by atoms with E-state index in [9.17, 15) is 0 Å². The van der Waals surface area contributed by atoms with Gasteiger partial charge in [-0.15, -0.1) is 0 Å². The Hall–Kier alpha value is -2.54. The number of hydrogen-bond acceptors (Lipinski definition) is 1. The molecule has 0 heterocycles. The van der Waals surface area contributed by atoms with Crippen LogP contribution in [0.4, 0.5) is 11.4 Å². The first-order valence-electron chi connectivity index (χ1n) is 10.7. The van der Waals surface area contributed by atoms with Crippen molar-refractivity contribution in [2.45, 2.75) is 44.4 Å². The lowest BCUT2D eigenvalue weighted by Gasteiger charge is -2.38. The molecule has 2 unspecified atom stereocenters. The third-order valence-corrected chi connectivity index (χ3v) is 6.99. The van der Waals surface area contributed by atoms with Crippen LogP contribution in [0.15, 0.2) is 78.9 Å². The minimum absolute atomic E-state index is 0.381. The highest BCUT2D eigenvalue weighted by molar-refractivity contribution is 5.68. The summed E-state index contributed by atoms with van der Waals surface area (Å²) in [5.41, 5.74) is 6.74. The van der Waals surface area contributed by atoms with E-state index >= 15 is 0 Å². The lowest BCUT2D eigenvalue weighted by atomic mass is 9.66. The number of anilines is 2. The fourth-order valence-electron chi connectivity index (χ4n) is 5.64. The number of fused-ring (bicyclic) bond motifs is 2. The minimum Gasteiger partial charge on any atom is -0.356 e. The Morgan fingerprint density at radius 1 is 0.679 bits per heavy atom. The quantitative estimate of drug-likeness (QED) is 0.501. The molecule has 2 fully saturated rings. The summed E-state index contributed by atoms with van der Waals surface area (Å²) in [6, 6.07) is 28.5. The predicted octanol–water partition coefficient (Wildman–Crippen LogP) is 7.57. The van der Waals surface area contributed by atoms with Crippen molar-refractivity contribution in [3.8, 4) is 11.1 Å². The smallest absolute Gasteiger partial charge is 0.0384 e. The van der Waals surface area contributed by atoms with E-state index in [1.807, 2.05) is 6.07 Å². The molecular weight excluding hydrogens is 338 g/mol. The van der Waals surface area contributed by atoms with Crippen molar-refractivity contribution in [2.24, 2.45) is 11.8 Å². The van der Waals surface area contributed by atoms with Crippen molar-refractivity contribution in [2.75, 3.05) is 5.32 Å². The minimum atomic E-state index is 0.381. The summed E-state index contributed by atoms with van der Waals surface area (Å²) in [4.78, 5) is 0. The molecule has 2 bridgehead atoms. The maximum atomic E-state index is 3.45. The summed E-state index contributed by atoms with van der Waals surface area (Å²) in [6.45, 7) is 2.50. The van der Waals surface area contributed by atoms with Crippen molar-refractivity contribution in [3.63, 3.8) is 0 Å². The highest BCUT2D eigenvalue weighted by Gasteiger charge is 2.41. The molecule has 2 atom stereocenters. The van der Waals surface area contributed by atoms with Gasteiger partial charge >= 0.3 is 0 Å². The third kappa shape index (κ3) is 3.46. The Balaban J connectivity index is 1.32. The summed E-state index contributed by atoms with van der Waals surface area (Å²) >= 11 is 0. The maximum absolute atomic E-state index is 3.45. The van der Waals surface area contributed by atoms with Gasteiger partial charge in [0.1, 0.15) is 0 Å². The number of hydrogen-bond donors (Lipinski definition) is 1. The van der Waals surface area contributed by atoms with Crippen LogP contribution in [0, 0.1) is 11.8 Å². The maximum Gasteiger partial charge on any atom is 0.0384 e. The Bertz CT molecular complexity index is 912. The van der Waals surface area contributed by atoms with Crippen LogP contribution in [0.25, 0.3) is 11.1 Å². The summed E-state index contributed by atoms with van der Waals surface area (Å²) in [6.07, 6.45) is 7.16. The zero-order chi connectivity index (χ0) is 19.0. The molecule has 0 aromatic heterocycles. The van der Waals surface area contributed by atoms with Crippen molar-refractivity contribution in [3.05, 3.63) is 84.4 Å². The van der Waals surface area contributed by atoms with Gasteiger partial charge in [0.25, 0.3) is 0 Å². The van der Waals surface area contributed by atoms with Crippen LogP contribution < -0.4 is 5.32 Å². The average molecular weight is 368 g/mol. The first-order valence-corrected chi connectivity index (χ1v) is 10.7. The van der Waals surface area contributed by atoms with Gasteiger partial charge in [-0.1, -0.05) is 74.4 Å². The van der Waals surface area contributed by atoms with Crippen molar-refractivity contribution in [1.82, 2.24) is 0 Å². The molecule has 1 N–H and O–H groups in total. The SMILES string of the molecule is CC1(c2ccc(-c3ccc(Nc4ccccc4)cc3)cc2)CC2CCC(C2)C1. The van der Waals surface area contributed by atoms with E-state index in [4.69, 9.17) is 0 Å². The van der Waals surface area contributed by atoms with Crippen LogP contribution in [0.3, 0.4) is 0 Å². The Labute approximate surface area is 168 Å². The molecule has 3 aromatic carbocycles. The Morgan fingerprint density at radius 3 is 1.82 bits per heavy atom. The van der Waals surface area contributed by atoms with Crippen LogP contribution >= 0.6 is 0 Å². The second-order valence-electron chi connectivity index (χ2n) is 9.16. The Kier molecular flexibility index (Phi) is 4.47. The molecule has 0 aliphatic heterocycles. The van der Waals surface area contributed by atoms with Gasteiger partial charge in [-0.05, 0) is 77.5 Å². The van der Waals surface area contributed by atoms with Crippen molar-refractivity contribution >= 4 is 11.4 Å². The normalized spacial score (nSPS) is 26.2. The molecular formula is C27H29N. The lowest BCUT2D eigenvalue weighted by molar-refractivity contribution is 0.232. The van der Waals surface area contributed by atoms with Gasteiger partial charge < -0.3 is 5.32 Å². The van der Waals surface area contributed by atoms with Gasteiger partial charge in [-0.3, -0.25) is 0 Å². The fraction of sp³-hybridized carbons (Fsp3) is 0.333. The summed E-state index contributed by atoms with van der Waals surface area (Å²) in [5.74, 6) is 1.93. The van der Waals surface area contributed by atoms with Crippen LogP contribution in [0.5, 0.6) is 0 Å². The highest BCUT2D eigenvalue weighted by Crippen LogP contribution is 2.51. The van der Waals surface area contributed by atoms with Gasteiger partial charge in [-0.2, -0.15) is 0 Å². The monoisotopic (exact) mass is 367 g/mol. The highest BCUT2D eigenvalue weighted by atomic mass is 14.9. The molecule has 2 aliphatic carbocycles. The molecule has 0 saturated heterocycles. The molecule has 3 aromatic rings. The van der Waals surface area contributed by atoms with Crippen molar-refractivity contribution in [1.29, 1.82) is 0 Å². The Morgan fingerprint density at radius 2 is 1.21 bits per heavy atom. The molecule has 2 saturated carbocycles. The molecule has 28 heavy (non-hydrogen) atoms.